The Balaban J connectivity index is 0.00000128. The van der Waals surface area contributed by atoms with Crippen molar-refractivity contribution in [3.8, 4) is 11.6 Å². The molecule has 0 bridgehead atoms. The third-order valence-electron chi connectivity index (χ3n) is 1.99. The smallest absolute Gasteiger partial charge is 0.221 e. The summed E-state index contributed by atoms with van der Waals surface area (Å²) in [6.07, 6.45) is 1.71. The molecule has 1 heterocycles. The van der Waals surface area contributed by atoms with Crippen LogP contribution >= 0.6 is 12.4 Å². The summed E-state index contributed by atoms with van der Waals surface area (Å²) in [4.78, 5) is 4.12. The van der Waals surface area contributed by atoms with Gasteiger partial charge in [-0.05, 0) is 18.2 Å². The molecule has 2 aromatic rings. The summed E-state index contributed by atoms with van der Waals surface area (Å²) < 4.78 is 5.57. The SMILES string of the molecule is CNc1ccnc(Oc2ccccc2)c1.Cl. The van der Waals surface area contributed by atoms with Crippen LogP contribution in [0.5, 0.6) is 11.6 Å². The Morgan fingerprint density at radius 1 is 1.12 bits per heavy atom. The van der Waals surface area contributed by atoms with Gasteiger partial charge in [0.1, 0.15) is 5.75 Å². The van der Waals surface area contributed by atoms with Crippen molar-refractivity contribution in [1.82, 2.24) is 4.98 Å². The molecule has 0 aliphatic heterocycles. The average Bonchev–Trinajstić information content (AvgIpc) is 2.31. The zero-order chi connectivity index (χ0) is 10.5. The number of aromatic nitrogens is 1. The molecule has 84 valence electrons. The Labute approximate surface area is 101 Å². The van der Waals surface area contributed by atoms with Crippen molar-refractivity contribution in [2.45, 2.75) is 0 Å². The van der Waals surface area contributed by atoms with E-state index in [1.807, 2.05) is 49.5 Å². The Kier molecular flexibility index (Phi) is 4.61. The fraction of sp³-hybridized carbons (Fsp3) is 0.0833. The second kappa shape index (κ2) is 5.98. The van der Waals surface area contributed by atoms with E-state index in [4.69, 9.17) is 4.74 Å². The van der Waals surface area contributed by atoms with Crippen LogP contribution in [0.4, 0.5) is 5.69 Å². The summed E-state index contributed by atoms with van der Waals surface area (Å²) in [7, 11) is 1.86. The van der Waals surface area contributed by atoms with Gasteiger partial charge in [0.05, 0.1) is 0 Å². The summed E-state index contributed by atoms with van der Waals surface area (Å²) >= 11 is 0. The molecule has 0 unspecified atom stereocenters. The zero-order valence-corrected chi connectivity index (χ0v) is 9.70. The quantitative estimate of drug-likeness (QED) is 0.888. The van der Waals surface area contributed by atoms with Crippen molar-refractivity contribution < 1.29 is 4.74 Å². The zero-order valence-electron chi connectivity index (χ0n) is 8.88. The van der Waals surface area contributed by atoms with E-state index in [2.05, 4.69) is 10.3 Å². The standard InChI is InChI=1S/C12H12N2O.ClH/c1-13-10-7-8-14-12(9-10)15-11-5-3-2-4-6-11;/h2-9H,1H3,(H,13,14);1H. The lowest BCUT2D eigenvalue weighted by atomic mass is 10.3. The average molecular weight is 237 g/mol. The fourth-order valence-electron chi connectivity index (χ4n) is 1.23. The highest BCUT2D eigenvalue weighted by atomic mass is 35.5. The molecular formula is C12H13ClN2O. The number of ether oxygens (including phenoxy) is 1. The third kappa shape index (κ3) is 3.14. The highest BCUT2D eigenvalue weighted by Gasteiger charge is 1.98. The molecule has 0 saturated carbocycles. The van der Waals surface area contributed by atoms with Crippen molar-refractivity contribution in [3.05, 3.63) is 48.7 Å². The van der Waals surface area contributed by atoms with Crippen LogP contribution in [-0.2, 0) is 0 Å². The lowest BCUT2D eigenvalue weighted by Gasteiger charge is -2.05. The Bertz CT molecular complexity index is 434. The number of rotatable bonds is 3. The van der Waals surface area contributed by atoms with E-state index in [0.717, 1.165) is 11.4 Å². The van der Waals surface area contributed by atoms with Gasteiger partial charge in [0.2, 0.25) is 5.88 Å². The molecule has 0 aliphatic rings. The molecule has 16 heavy (non-hydrogen) atoms. The summed E-state index contributed by atoms with van der Waals surface area (Å²) in [5.74, 6) is 1.38. The summed E-state index contributed by atoms with van der Waals surface area (Å²) in [5, 5.41) is 3.03. The van der Waals surface area contributed by atoms with Gasteiger partial charge in [-0.2, -0.15) is 0 Å². The molecule has 4 heteroatoms. The van der Waals surface area contributed by atoms with Gasteiger partial charge in [0.15, 0.2) is 0 Å². The minimum absolute atomic E-state index is 0. The number of hydrogen-bond donors (Lipinski definition) is 1. The largest absolute Gasteiger partial charge is 0.439 e. The predicted molar refractivity (Wildman–Crippen MR) is 67.5 cm³/mol. The maximum absolute atomic E-state index is 5.57. The third-order valence-corrected chi connectivity index (χ3v) is 1.99. The highest BCUT2D eigenvalue weighted by Crippen LogP contribution is 2.20. The summed E-state index contributed by atoms with van der Waals surface area (Å²) in [5.41, 5.74) is 0.982. The van der Waals surface area contributed by atoms with E-state index < -0.39 is 0 Å². The topological polar surface area (TPSA) is 34.2 Å². The molecule has 0 aliphatic carbocycles. The molecule has 1 aromatic carbocycles. The Morgan fingerprint density at radius 3 is 2.56 bits per heavy atom. The van der Waals surface area contributed by atoms with Gasteiger partial charge >= 0.3 is 0 Å². The number of benzene rings is 1. The predicted octanol–water partition coefficient (Wildman–Crippen LogP) is 3.34. The molecule has 0 atom stereocenters. The Morgan fingerprint density at radius 2 is 1.88 bits per heavy atom. The molecular weight excluding hydrogens is 224 g/mol. The number of pyridine rings is 1. The maximum Gasteiger partial charge on any atom is 0.221 e. The van der Waals surface area contributed by atoms with Crippen LogP contribution in [0.1, 0.15) is 0 Å². The number of halogens is 1. The normalized spacial score (nSPS) is 9.06. The van der Waals surface area contributed by atoms with Crippen molar-refractivity contribution in [2.24, 2.45) is 0 Å². The first-order chi connectivity index (χ1) is 7.38. The van der Waals surface area contributed by atoms with Gasteiger partial charge in [0.25, 0.3) is 0 Å². The van der Waals surface area contributed by atoms with E-state index in [9.17, 15) is 0 Å². The number of nitrogens with one attached hydrogen (secondary N) is 1. The van der Waals surface area contributed by atoms with Crippen LogP contribution in [0.2, 0.25) is 0 Å². The van der Waals surface area contributed by atoms with Gasteiger partial charge in [-0.1, -0.05) is 18.2 Å². The highest BCUT2D eigenvalue weighted by molar-refractivity contribution is 5.85. The van der Waals surface area contributed by atoms with Crippen LogP contribution < -0.4 is 10.1 Å². The monoisotopic (exact) mass is 236 g/mol. The second-order valence-electron chi connectivity index (χ2n) is 3.05. The van der Waals surface area contributed by atoms with E-state index in [-0.39, 0.29) is 12.4 Å². The second-order valence-corrected chi connectivity index (χ2v) is 3.05. The van der Waals surface area contributed by atoms with Crippen molar-refractivity contribution >= 4 is 18.1 Å². The van der Waals surface area contributed by atoms with E-state index in [1.165, 1.54) is 0 Å². The van der Waals surface area contributed by atoms with Gasteiger partial charge in [-0.25, -0.2) is 4.98 Å². The van der Waals surface area contributed by atoms with Crippen molar-refractivity contribution in [2.75, 3.05) is 12.4 Å². The first-order valence-electron chi connectivity index (χ1n) is 4.75. The lowest BCUT2D eigenvalue weighted by Crippen LogP contribution is -1.91. The van der Waals surface area contributed by atoms with Crippen molar-refractivity contribution in [1.29, 1.82) is 0 Å². The molecule has 2 rings (SSSR count). The molecule has 0 radical (unpaired) electrons. The van der Waals surface area contributed by atoms with Crippen LogP contribution in [0.15, 0.2) is 48.7 Å². The fourth-order valence-corrected chi connectivity index (χ4v) is 1.23. The van der Waals surface area contributed by atoms with Crippen molar-refractivity contribution in [3.63, 3.8) is 0 Å². The first kappa shape index (κ1) is 12.3. The molecule has 0 saturated heterocycles. The molecule has 0 amide bonds. The van der Waals surface area contributed by atoms with Crippen LogP contribution in [0.25, 0.3) is 0 Å². The number of para-hydroxylation sites is 1. The van der Waals surface area contributed by atoms with Gasteiger partial charge in [0, 0.05) is 25.0 Å². The molecule has 1 N–H and O–H groups in total. The van der Waals surface area contributed by atoms with E-state index >= 15 is 0 Å². The van der Waals surface area contributed by atoms with Crippen LogP contribution in [0.3, 0.4) is 0 Å². The Hall–Kier alpha value is -1.74. The van der Waals surface area contributed by atoms with Gasteiger partial charge in [-0.3, -0.25) is 0 Å². The minimum atomic E-state index is 0. The molecule has 0 fully saturated rings. The minimum Gasteiger partial charge on any atom is -0.439 e. The molecule has 0 spiro atoms. The molecule has 1 aromatic heterocycles. The number of nitrogens with zero attached hydrogens (tertiary/aromatic N) is 1. The lowest BCUT2D eigenvalue weighted by molar-refractivity contribution is 0.463. The van der Waals surface area contributed by atoms with E-state index in [1.54, 1.807) is 6.20 Å². The summed E-state index contributed by atoms with van der Waals surface area (Å²) in [6.45, 7) is 0. The summed E-state index contributed by atoms with van der Waals surface area (Å²) in [6, 6.07) is 13.3. The molecule has 3 nitrogen and oxygen atoms in total. The van der Waals surface area contributed by atoms with Crippen LogP contribution in [0, 0.1) is 0 Å². The number of hydrogen-bond acceptors (Lipinski definition) is 3. The number of anilines is 1. The van der Waals surface area contributed by atoms with E-state index in [0.29, 0.717) is 5.88 Å². The van der Waals surface area contributed by atoms with Gasteiger partial charge in [-0.15, -0.1) is 12.4 Å². The first-order valence-corrected chi connectivity index (χ1v) is 4.75. The van der Waals surface area contributed by atoms with Gasteiger partial charge < -0.3 is 10.1 Å². The maximum atomic E-state index is 5.57. The van der Waals surface area contributed by atoms with Crippen LogP contribution in [-0.4, -0.2) is 12.0 Å².